The minimum absolute atomic E-state index is 0.0957. The average Bonchev–Trinajstić information content (AvgIpc) is 2.88. The first kappa shape index (κ1) is 28.2. The van der Waals surface area contributed by atoms with Crippen molar-refractivity contribution in [3.63, 3.8) is 0 Å². The second-order valence-corrected chi connectivity index (χ2v) is 12.6. The molecule has 8 nitrogen and oxygen atoms in total. The third kappa shape index (κ3) is 8.11. The molecule has 1 saturated heterocycles. The van der Waals surface area contributed by atoms with Crippen LogP contribution in [0.2, 0.25) is 0 Å². The van der Waals surface area contributed by atoms with Crippen LogP contribution in [0.4, 0.5) is 5.82 Å². The number of amides is 1. The molecule has 37 heavy (non-hydrogen) atoms. The number of hydrogen-bond acceptors (Lipinski definition) is 7. The van der Waals surface area contributed by atoms with Gasteiger partial charge in [0.2, 0.25) is 5.91 Å². The molecule has 0 radical (unpaired) electrons. The third-order valence-corrected chi connectivity index (χ3v) is 8.54. The molecule has 208 valence electrons. The van der Waals surface area contributed by atoms with Crippen molar-refractivity contribution in [3.05, 3.63) is 17.6 Å². The van der Waals surface area contributed by atoms with Crippen LogP contribution in [0.1, 0.15) is 90.1 Å². The number of ether oxygens (including phenoxy) is 1. The summed E-state index contributed by atoms with van der Waals surface area (Å²) in [5.74, 6) is 3.00. The van der Waals surface area contributed by atoms with E-state index >= 15 is 0 Å². The highest BCUT2D eigenvalue weighted by Crippen LogP contribution is 2.29. The molecule has 0 atom stereocenters. The lowest BCUT2D eigenvalue weighted by molar-refractivity contribution is -0.127. The summed E-state index contributed by atoms with van der Waals surface area (Å²) in [7, 11) is 1.71. The fourth-order valence-corrected chi connectivity index (χ4v) is 6.02. The summed E-state index contributed by atoms with van der Waals surface area (Å²) >= 11 is 0. The van der Waals surface area contributed by atoms with Crippen LogP contribution in [0, 0.1) is 11.8 Å². The summed E-state index contributed by atoms with van der Waals surface area (Å²) in [6.07, 6.45) is 8.89. The first-order valence-corrected chi connectivity index (χ1v) is 14.5. The van der Waals surface area contributed by atoms with E-state index < -0.39 is 0 Å². The molecule has 2 saturated carbocycles. The van der Waals surface area contributed by atoms with Crippen LogP contribution in [0.15, 0.2) is 6.07 Å². The van der Waals surface area contributed by atoms with Crippen molar-refractivity contribution in [3.8, 4) is 0 Å². The van der Waals surface area contributed by atoms with Gasteiger partial charge >= 0.3 is 0 Å². The summed E-state index contributed by atoms with van der Waals surface area (Å²) in [6.45, 7) is 12.3. The number of carbonyl (C=O) groups is 1. The van der Waals surface area contributed by atoms with Gasteiger partial charge in [-0.1, -0.05) is 20.8 Å². The minimum atomic E-state index is -0.204. The van der Waals surface area contributed by atoms with Gasteiger partial charge in [0.15, 0.2) is 0 Å². The largest absolute Gasteiger partial charge is 0.393 e. The van der Waals surface area contributed by atoms with Gasteiger partial charge in [-0.3, -0.25) is 9.69 Å². The molecular formula is C29H49N5O3. The fraction of sp³-hybridized carbons (Fsp3) is 0.828. The average molecular weight is 516 g/mol. The van der Waals surface area contributed by atoms with Gasteiger partial charge in [0.1, 0.15) is 11.6 Å². The number of piperazine rings is 1. The van der Waals surface area contributed by atoms with E-state index in [1.165, 1.54) is 19.3 Å². The lowest BCUT2D eigenvalue weighted by atomic mass is 9.83. The van der Waals surface area contributed by atoms with E-state index in [1.54, 1.807) is 7.11 Å². The first-order chi connectivity index (χ1) is 17.7. The molecule has 0 unspecified atom stereocenters. The Balaban J connectivity index is 1.17. The number of aromatic nitrogens is 2. The minimum Gasteiger partial charge on any atom is -0.393 e. The molecule has 0 aromatic carbocycles. The number of anilines is 1. The Bertz CT molecular complexity index is 865. The zero-order valence-electron chi connectivity index (χ0n) is 23.5. The molecule has 1 aromatic heterocycles. The Kier molecular flexibility index (Phi) is 9.81. The molecule has 1 amide bonds. The van der Waals surface area contributed by atoms with E-state index in [0.717, 1.165) is 94.5 Å². The molecule has 1 aromatic rings. The van der Waals surface area contributed by atoms with Gasteiger partial charge in [0.25, 0.3) is 0 Å². The van der Waals surface area contributed by atoms with Crippen molar-refractivity contribution in [2.75, 3.05) is 44.7 Å². The van der Waals surface area contributed by atoms with E-state index in [1.807, 2.05) is 0 Å². The van der Waals surface area contributed by atoms with Gasteiger partial charge in [0, 0.05) is 56.7 Å². The molecule has 2 N–H and O–H groups in total. The molecule has 2 aliphatic carbocycles. The van der Waals surface area contributed by atoms with E-state index in [4.69, 9.17) is 14.7 Å². The Morgan fingerprint density at radius 1 is 1.03 bits per heavy atom. The Labute approximate surface area is 223 Å². The van der Waals surface area contributed by atoms with Crippen molar-refractivity contribution < 1.29 is 14.6 Å². The maximum Gasteiger partial charge on any atom is 0.223 e. The van der Waals surface area contributed by atoms with Crippen LogP contribution in [-0.4, -0.2) is 77.9 Å². The highest BCUT2D eigenvalue weighted by Gasteiger charge is 2.29. The highest BCUT2D eigenvalue weighted by atomic mass is 16.5. The Hall–Kier alpha value is -1.77. The molecule has 1 aliphatic heterocycles. The number of aliphatic hydroxyl groups is 1. The van der Waals surface area contributed by atoms with Crippen molar-refractivity contribution in [1.82, 2.24) is 20.2 Å². The smallest absolute Gasteiger partial charge is 0.223 e. The number of nitrogens with one attached hydrogen (secondary N) is 1. The van der Waals surface area contributed by atoms with Crippen LogP contribution in [0.25, 0.3) is 0 Å². The number of methoxy groups -OCH3 is 1. The van der Waals surface area contributed by atoms with E-state index in [9.17, 15) is 9.90 Å². The highest BCUT2D eigenvalue weighted by molar-refractivity contribution is 5.79. The SMILES string of the molecule is COCc1cc(N2CCN(CC[C@H]3CC[C@H](NC(=O)[C@H]4CC[C@@H](O)CC4)CC3)CC2)nc(C(C)(C)C)n1. The molecule has 0 spiro atoms. The third-order valence-electron chi connectivity index (χ3n) is 8.54. The van der Waals surface area contributed by atoms with Gasteiger partial charge in [0.05, 0.1) is 18.4 Å². The second-order valence-electron chi connectivity index (χ2n) is 12.6. The Morgan fingerprint density at radius 3 is 2.32 bits per heavy atom. The maximum atomic E-state index is 12.6. The van der Waals surface area contributed by atoms with Crippen molar-refractivity contribution in [2.45, 2.75) is 103 Å². The molecule has 0 bridgehead atoms. The standard InChI is InChI=1S/C29H49N5O3/c1-29(2,3)28-31-24(20-37-4)19-26(32-28)34-17-15-33(16-18-34)14-13-21-5-9-23(10-6-21)30-27(36)22-7-11-25(35)12-8-22/h19,21-23,25,35H,5-18,20H2,1-4H3,(H,30,36)/t21-,22-,23-,25+. The van der Waals surface area contributed by atoms with Crippen molar-refractivity contribution in [2.24, 2.45) is 11.8 Å². The maximum absolute atomic E-state index is 12.6. The quantitative estimate of drug-likeness (QED) is 0.546. The van der Waals surface area contributed by atoms with Crippen LogP contribution in [0.3, 0.4) is 0 Å². The van der Waals surface area contributed by atoms with Crippen molar-refractivity contribution in [1.29, 1.82) is 0 Å². The van der Waals surface area contributed by atoms with Crippen molar-refractivity contribution >= 4 is 11.7 Å². The van der Waals surface area contributed by atoms with Crippen LogP contribution in [-0.2, 0) is 21.6 Å². The van der Waals surface area contributed by atoms with Gasteiger partial charge in [-0.25, -0.2) is 9.97 Å². The predicted molar refractivity (Wildman–Crippen MR) is 147 cm³/mol. The van der Waals surface area contributed by atoms with Crippen LogP contribution in [0.5, 0.6) is 0 Å². The summed E-state index contributed by atoms with van der Waals surface area (Å²) in [6, 6.07) is 2.43. The lowest BCUT2D eigenvalue weighted by Crippen LogP contribution is -2.47. The van der Waals surface area contributed by atoms with Crippen LogP contribution < -0.4 is 10.2 Å². The monoisotopic (exact) mass is 515 g/mol. The fourth-order valence-electron chi connectivity index (χ4n) is 6.02. The van der Waals surface area contributed by atoms with E-state index in [2.05, 4.69) is 42.0 Å². The molecule has 4 rings (SSSR count). The van der Waals surface area contributed by atoms with Gasteiger partial charge in [-0.05, 0) is 70.3 Å². The summed E-state index contributed by atoms with van der Waals surface area (Å²) in [5.41, 5.74) is 0.853. The summed E-state index contributed by atoms with van der Waals surface area (Å²) < 4.78 is 5.36. The number of aliphatic hydroxyl groups excluding tert-OH is 1. The molecule has 2 heterocycles. The second kappa shape index (κ2) is 12.9. The Morgan fingerprint density at radius 2 is 1.70 bits per heavy atom. The van der Waals surface area contributed by atoms with Gasteiger partial charge in [-0.15, -0.1) is 0 Å². The van der Waals surface area contributed by atoms with E-state index in [0.29, 0.717) is 12.6 Å². The molecule has 3 aliphatic rings. The number of rotatable bonds is 8. The number of nitrogens with zero attached hydrogens (tertiary/aromatic N) is 4. The summed E-state index contributed by atoms with van der Waals surface area (Å²) in [5, 5.41) is 13.0. The van der Waals surface area contributed by atoms with Gasteiger partial charge < -0.3 is 20.1 Å². The topological polar surface area (TPSA) is 90.8 Å². The summed E-state index contributed by atoms with van der Waals surface area (Å²) in [4.78, 5) is 27.3. The first-order valence-electron chi connectivity index (χ1n) is 14.5. The molecule has 3 fully saturated rings. The van der Waals surface area contributed by atoms with Gasteiger partial charge in [-0.2, -0.15) is 0 Å². The molecular weight excluding hydrogens is 466 g/mol. The predicted octanol–water partition coefficient (Wildman–Crippen LogP) is 3.66. The zero-order chi connectivity index (χ0) is 26.4. The molecule has 8 heteroatoms. The van der Waals surface area contributed by atoms with Crippen LogP contribution >= 0.6 is 0 Å². The number of carbonyl (C=O) groups excluding carboxylic acids is 1. The number of hydrogen-bond donors (Lipinski definition) is 2. The zero-order valence-corrected chi connectivity index (χ0v) is 23.5. The normalized spacial score (nSPS) is 27.8. The lowest BCUT2D eigenvalue weighted by Gasteiger charge is -2.37. The van der Waals surface area contributed by atoms with E-state index in [-0.39, 0.29) is 23.3 Å².